The van der Waals surface area contributed by atoms with Gasteiger partial charge in [-0.2, -0.15) is 0 Å². The van der Waals surface area contributed by atoms with E-state index in [9.17, 15) is 8.42 Å². The number of hydrogen-bond acceptors (Lipinski definition) is 5. The highest BCUT2D eigenvalue weighted by Crippen LogP contribution is 2.21. The third-order valence-electron chi connectivity index (χ3n) is 2.45. The van der Waals surface area contributed by atoms with Crippen LogP contribution in [0.25, 0.3) is 0 Å². The van der Waals surface area contributed by atoms with Crippen LogP contribution in [0.3, 0.4) is 0 Å². The third kappa shape index (κ3) is 3.71. The highest BCUT2D eigenvalue weighted by molar-refractivity contribution is 7.93. The van der Waals surface area contributed by atoms with Gasteiger partial charge in [0.1, 0.15) is 5.75 Å². The number of aryl methyl sites for hydroxylation is 1. The van der Waals surface area contributed by atoms with Crippen LogP contribution in [0.2, 0.25) is 0 Å². The Morgan fingerprint density at radius 2 is 2.00 bits per heavy atom. The van der Waals surface area contributed by atoms with Gasteiger partial charge in [-0.3, -0.25) is 4.72 Å². The number of nitrogens with zero attached hydrogens (tertiary/aromatic N) is 1. The van der Waals surface area contributed by atoms with Gasteiger partial charge in [0.2, 0.25) is 0 Å². The maximum atomic E-state index is 12.2. The van der Waals surface area contributed by atoms with Crippen LogP contribution >= 0.6 is 11.3 Å². The first-order valence-electron chi connectivity index (χ1n) is 6.19. The number of sulfonamides is 1. The lowest BCUT2D eigenvalue weighted by molar-refractivity contribution is 0.317. The summed E-state index contributed by atoms with van der Waals surface area (Å²) in [7, 11) is -3.59. The standard InChI is InChI=1S/C13H16N2O3S2/c1-3-8-18-11-4-6-12(7-5-11)20(16,17)15-13-14-10(2)9-19-13/h4-7,9H,3,8H2,1-2H3,(H,14,15). The number of rotatable bonds is 6. The molecule has 1 aromatic heterocycles. The molecule has 0 aliphatic carbocycles. The third-order valence-corrected chi connectivity index (χ3v) is 4.81. The number of ether oxygens (including phenoxy) is 1. The minimum absolute atomic E-state index is 0.189. The topological polar surface area (TPSA) is 68.3 Å². The van der Waals surface area contributed by atoms with Crippen molar-refractivity contribution in [1.29, 1.82) is 0 Å². The van der Waals surface area contributed by atoms with E-state index in [4.69, 9.17) is 4.74 Å². The van der Waals surface area contributed by atoms with E-state index >= 15 is 0 Å². The van der Waals surface area contributed by atoms with Crippen molar-refractivity contribution in [2.45, 2.75) is 25.2 Å². The van der Waals surface area contributed by atoms with Gasteiger partial charge in [-0.1, -0.05) is 6.92 Å². The molecule has 0 aliphatic heterocycles. The number of nitrogens with one attached hydrogen (secondary N) is 1. The summed E-state index contributed by atoms with van der Waals surface area (Å²) < 4.78 is 32.2. The van der Waals surface area contributed by atoms with Crippen LogP contribution in [-0.4, -0.2) is 20.0 Å². The Morgan fingerprint density at radius 1 is 1.30 bits per heavy atom. The molecule has 5 nitrogen and oxygen atoms in total. The van der Waals surface area contributed by atoms with Gasteiger partial charge >= 0.3 is 0 Å². The van der Waals surface area contributed by atoms with Crippen LogP contribution in [0.5, 0.6) is 5.75 Å². The van der Waals surface area contributed by atoms with Crippen molar-refractivity contribution in [2.75, 3.05) is 11.3 Å². The molecule has 0 unspecified atom stereocenters. The predicted molar refractivity (Wildman–Crippen MR) is 79.9 cm³/mol. The Bertz CT molecular complexity index is 663. The van der Waals surface area contributed by atoms with Gasteiger partial charge < -0.3 is 4.74 Å². The van der Waals surface area contributed by atoms with Gasteiger partial charge in [0, 0.05) is 5.38 Å². The fourth-order valence-corrected chi connectivity index (χ4v) is 3.45. The monoisotopic (exact) mass is 312 g/mol. The van der Waals surface area contributed by atoms with E-state index < -0.39 is 10.0 Å². The summed E-state index contributed by atoms with van der Waals surface area (Å²) in [5, 5.41) is 2.16. The average Bonchev–Trinajstić information content (AvgIpc) is 2.81. The first-order chi connectivity index (χ1) is 9.51. The van der Waals surface area contributed by atoms with Gasteiger partial charge in [0.15, 0.2) is 5.13 Å². The quantitative estimate of drug-likeness (QED) is 0.890. The Hall–Kier alpha value is -1.60. The highest BCUT2D eigenvalue weighted by atomic mass is 32.2. The van der Waals surface area contributed by atoms with Crippen molar-refractivity contribution in [1.82, 2.24) is 4.98 Å². The number of aromatic nitrogens is 1. The molecule has 2 aromatic rings. The second-order valence-corrected chi connectivity index (χ2v) is 6.76. The summed E-state index contributed by atoms with van der Waals surface area (Å²) in [4.78, 5) is 4.27. The van der Waals surface area contributed by atoms with Gasteiger partial charge in [-0.25, -0.2) is 13.4 Å². The van der Waals surface area contributed by atoms with E-state index in [0.717, 1.165) is 12.1 Å². The zero-order valence-electron chi connectivity index (χ0n) is 11.3. The molecule has 0 radical (unpaired) electrons. The number of thiazole rings is 1. The zero-order valence-corrected chi connectivity index (χ0v) is 12.9. The SMILES string of the molecule is CCCOc1ccc(S(=O)(=O)Nc2nc(C)cs2)cc1. The maximum absolute atomic E-state index is 12.2. The second-order valence-electron chi connectivity index (χ2n) is 4.22. The van der Waals surface area contributed by atoms with Crippen molar-refractivity contribution in [3.8, 4) is 5.75 Å². The highest BCUT2D eigenvalue weighted by Gasteiger charge is 2.15. The summed E-state index contributed by atoms with van der Waals surface area (Å²) in [5.41, 5.74) is 0.788. The Morgan fingerprint density at radius 3 is 2.55 bits per heavy atom. The Labute approximate surface area is 122 Å². The van der Waals surface area contributed by atoms with Gasteiger partial charge in [0.05, 0.1) is 17.2 Å². The lowest BCUT2D eigenvalue weighted by Crippen LogP contribution is -2.12. The van der Waals surface area contributed by atoms with Crippen molar-refractivity contribution in [3.63, 3.8) is 0 Å². The normalized spacial score (nSPS) is 11.3. The van der Waals surface area contributed by atoms with E-state index in [1.807, 2.05) is 13.8 Å². The molecule has 0 aliphatic rings. The van der Waals surface area contributed by atoms with Crippen molar-refractivity contribution in [2.24, 2.45) is 0 Å². The fraction of sp³-hybridized carbons (Fsp3) is 0.308. The summed E-state index contributed by atoms with van der Waals surface area (Å²) in [6, 6.07) is 6.34. The van der Waals surface area contributed by atoms with Crippen LogP contribution in [0.4, 0.5) is 5.13 Å². The molecular weight excluding hydrogens is 296 g/mol. The fourth-order valence-electron chi connectivity index (χ4n) is 1.51. The van der Waals surface area contributed by atoms with E-state index in [2.05, 4.69) is 9.71 Å². The molecule has 0 amide bonds. The zero-order chi connectivity index (χ0) is 14.6. The molecule has 0 atom stereocenters. The Balaban J connectivity index is 2.13. The van der Waals surface area contributed by atoms with E-state index in [1.54, 1.807) is 17.5 Å². The number of benzene rings is 1. The summed E-state index contributed by atoms with van der Waals surface area (Å²) in [6.45, 7) is 4.44. The largest absolute Gasteiger partial charge is 0.494 e. The number of anilines is 1. The molecule has 0 saturated heterocycles. The Kier molecular flexibility index (Phi) is 4.61. The van der Waals surface area contributed by atoms with Crippen molar-refractivity contribution < 1.29 is 13.2 Å². The van der Waals surface area contributed by atoms with Gasteiger partial charge in [-0.15, -0.1) is 11.3 Å². The molecule has 0 spiro atoms. The average molecular weight is 312 g/mol. The first kappa shape index (κ1) is 14.8. The van der Waals surface area contributed by atoms with Crippen molar-refractivity contribution >= 4 is 26.5 Å². The maximum Gasteiger partial charge on any atom is 0.263 e. The molecule has 20 heavy (non-hydrogen) atoms. The van der Waals surface area contributed by atoms with Gasteiger partial charge in [-0.05, 0) is 37.6 Å². The molecule has 1 heterocycles. The molecule has 108 valence electrons. The summed E-state index contributed by atoms with van der Waals surface area (Å²) >= 11 is 1.26. The smallest absolute Gasteiger partial charge is 0.263 e. The summed E-state index contributed by atoms with van der Waals surface area (Å²) in [5.74, 6) is 0.663. The molecule has 1 N–H and O–H groups in total. The first-order valence-corrected chi connectivity index (χ1v) is 8.55. The molecule has 0 fully saturated rings. The second kappa shape index (κ2) is 6.23. The molecule has 2 rings (SSSR count). The molecule has 1 aromatic carbocycles. The van der Waals surface area contributed by atoms with Crippen LogP contribution in [0.15, 0.2) is 34.5 Å². The summed E-state index contributed by atoms with van der Waals surface area (Å²) in [6.07, 6.45) is 0.908. The van der Waals surface area contributed by atoms with Gasteiger partial charge in [0.25, 0.3) is 10.0 Å². The van der Waals surface area contributed by atoms with Crippen LogP contribution < -0.4 is 9.46 Å². The van der Waals surface area contributed by atoms with E-state index in [1.165, 1.54) is 23.5 Å². The molecule has 0 saturated carbocycles. The van der Waals surface area contributed by atoms with Crippen LogP contribution in [0.1, 0.15) is 19.0 Å². The van der Waals surface area contributed by atoms with Crippen LogP contribution in [-0.2, 0) is 10.0 Å². The van der Waals surface area contributed by atoms with E-state index in [0.29, 0.717) is 17.5 Å². The lowest BCUT2D eigenvalue weighted by Gasteiger charge is -2.07. The molecule has 7 heteroatoms. The van der Waals surface area contributed by atoms with Crippen LogP contribution in [0, 0.1) is 6.92 Å². The van der Waals surface area contributed by atoms with E-state index in [-0.39, 0.29) is 4.90 Å². The minimum atomic E-state index is -3.59. The number of hydrogen-bond donors (Lipinski definition) is 1. The predicted octanol–water partition coefficient (Wildman–Crippen LogP) is 3.04. The lowest BCUT2D eigenvalue weighted by atomic mass is 10.3. The van der Waals surface area contributed by atoms with Crippen molar-refractivity contribution in [3.05, 3.63) is 35.3 Å². The minimum Gasteiger partial charge on any atom is -0.494 e. The molecule has 0 bridgehead atoms. The molecular formula is C13H16N2O3S2.